The molecule has 0 aromatic heterocycles. The lowest BCUT2D eigenvalue weighted by atomic mass is 10.1. The van der Waals surface area contributed by atoms with E-state index < -0.39 is 23.2 Å². The average molecular weight is 403 g/mol. The van der Waals surface area contributed by atoms with Gasteiger partial charge in [0.25, 0.3) is 5.69 Å². The molecule has 0 bridgehead atoms. The van der Waals surface area contributed by atoms with Gasteiger partial charge in [-0.2, -0.15) is 0 Å². The molecule has 0 radical (unpaired) electrons. The van der Waals surface area contributed by atoms with Gasteiger partial charge in [-0.05, 0) is 29.8 Å². The van der Waals surface area contributed by atoms with Gasteiger partial charge in [-0.3, -0.25) is 10.1 Å². The van der Waals surface area contributed by atoms with Gasteiger partial charge < -0.3 is 24.8 Å². The van der Waals surface area contributed by atoms with Crippen molar-refractivity contribution in [2.45, 2.75) is 12.5 Å². The Morgan fingerprint density at radius 2 is 1.66 bits per heavy atom. The number of benzene rings is 2. The Morgan fingerprint density at radius 1 is 1.07 bits per heavy atom. The predicted octanol–water partition coefficient (Wildman–Crippen LogP) is 3.26. The zero-order valence-electron chi connectivity index (χ0n) is 15.9. The molecule has 0 unspecified atom stereocenters. The predicted molar refractivity (Wildman–Crippen MR) is 103 cm³/mol. The molecule has 2 N–H and O–H groups in total. The van der Waals surface area contributed by atoms with Gasteiger partial charge in [0, 0.05) is 32.6 Å². The zero-order chi connectivity index (χ0) is 21.4. The molecular formula is C19H21N3O7. The van der Waals surface area contributed by atoms with E-state index in [1.165, 1.54) is 29.2 Å². The number of nitrogens with zero attached hydrogens (tertiary/aromatic N) is 2. The number of hydrogen-bond donors (Lipinski definition) is 1. The summed E-state index contributed by atoms with van der Waals surface area (Å²) in [5, 5.41) is 10.7. The van der Waals surface area contributed by atoms with Crippen LogP contribution in [0, 0.1) is 10.1 Å². The Morgan fingerprint density at radius 3 is 2.17 bits per heavy atom. The van der Waals surface area contributed by atoms with Crippen LogP contribution < -0.4 is 15.2 Å². The van der Waals surface area contributed by atoms with Crippen LogP contribution >= 0.6 is 0 Å². The Labute approximate surface area is 166 Å². The molecule has 2 aromatic rings. The third-order valence-electron chi connectivity index (χ3n) is 3.78. The number of nitro groups is 1. The second-order valence-electron chi connectivity index (χ2n) is 6.15. The molecule has 0 heterocycles. The first kappa shape index (κ1) is 21.5. The van der Waals surface area contributed by atoms with Crippen molar-refractivity contribution in [3.8, 4) is 11.5 Å². The van der Waals surface area contributed by atoms with Crippen molar-refractivity contribution in [2.75, 3.05) is 20.7 Å². The largest absolute Gasteiger partial charge is 0.493 e. The maximum absolute atomic E-state index is 11.6. The molecule has 29 heavy (non-hydrogen) atoms. The van der Waals surface area contributed by atoms with Crippen LogP contribution in [0.3, 0.4) is 0 Å². The van der Waals surface area contributed by atoms with Crippen molar-refractivity contribution in [3.63, 3.8) is 0 Å². The van der Waals surface area contributed by atoms with Crippen LogP contribution in [0.5, 0.6) is 11.5 Å². The molecule has 0 aliphatic carbocycles. The van der Waals surface area contributed by atoms with Crippen LogP contribution in [0.2, 0.25) is 0 Å². The molecule has 0 saturated heterocycles. The van der Waals surface area contributed by atoms with Crippen molar-refractivity contribution in [1.82, 2.24) is 4.90 Å². The van der Waals surface area contributed by atoms with E-state index in [9.17, 15) is 19.7 Å². The van der Waals surface area contributed by atoms with Gasteiger partial charge in [-0.1, -0.05) is 12.1 Å². The molecule has 0 spiro atoms. The smallest absolute Gasteiger partial charge is 0.414 e. The number of nitrogens with two attached hydrogens (primary N) is 1. The number of primary amides is 1. The van der Waals surface area contributed by atoms with Gasteiger partial charge in [-0.15, -0.1) is 0 Å². The van der Waals surface area contributed by atoms with E-state index in [1.54, 1.807) is 38.4 Å². The van der Waals surface area contributed by atoms with E-state index in [1.807, 2.05) is 0 Å². The van der Waals surface area contributed by atoms with Crippen LogP contribution in [0.4, 0.5) is 15.3 Å². The van der Waals surface area contributed by atoms with Gasteiger partial charge >= 0.3 is 12.2 Å². The minimum absolute atomic E-state index is 0.0395. The van der Waals surface area contributed by atoms with Gasteiger partial charge in [0.15, 0.2) is 0 Å². The van der Waals surface area contributed by atoms with E-state index in [2.05, 4.69) is 0 Å². The molecule has 10 heteroatoms. The highest BCUT2D eigenvalue weighted by Gasteiger charge is 2.17. The second-order valence-corrected chi connectivity index (χ2v) is 6.15. The number of amides is 2. The normalized spacial score (nSPS) is 11.2. The van der Waals surface area contributed by atoms with E-state index in [4.69, 9.17) is 19.9 Å². The van der Waals surface area contributed by atoms with Crippen molar-refractivity contribution in [2.24, 2.45) is 5.73 Å². The van der Waals surface area contributed by atoms with Gasteiger partial charge in [0.05, 0.1) is 11.5 Å². The molecule has 2 amide bonds. The second kappa shape index (κ2) is 9.93. The molecule has 2 aromatic carbocycles. The molecule has 0 aliphatic rings. The summed E-state index contributed by atoms with van der Waals surface area (Å²) in [5.41, 5.74) is 5.75. The Kier molecular flexibility index (Phi) is 7.35. The van der Waals surface area contributed by atoms with Crippen molar-refractivity contribution >= 4 is 17.9 Å². The number of ether oxygens (including phenoxy) is 3. The molecule has 0 aliphatic heterocycles. The van der Waals surface area contributed by atoms with Crippen LogP contribution in [-0.4, -0.2) is 42.7 Å². The number of hydrogen-bond acceptors (Lipinski definition) is 7. The molecule has 10 nitrogen and oxygen atoms in total. The molecule has 0 fully saturated rings. The third kappa shape index (κ3) is 6.69. The Balaban J connectivity index is 1.98. The van der Waals surface area contributed by atoms with Crippen LogP contribution in [0.1, 0.15) is 18.1 Å². The molecule has 0 saturated carbocycles. The molecule has 154 valence electrons. The fourth-order valence-corrected chi connectivity index (χ4v) is 2.32. The Hall–Kier alpha value is -3.82. The van der Waals surface area contributed by atoms with Crippen molar-refractivity contribution in [3.05, 3.63) is 64.2 Å². The van der Waals surface area contributed by atoms with Crippen molar-refractivity contribution in [1.29, 1.82) is 0 Å². The lowest BCUT2D eigenvalue weighted by molar-refractivity contribution is -0.384. The van der Waals surface area contributed by atoms with E-state index in [0.29, 0.717) is 17.1 Å². The number of non-ortho nitro benzene ring substituents is 1. The number of nitro benzene ring substituents is 1. The fraction of sp³-hybridized carbons (Fsp3) is 0.263. The Bertz CT molecular complexity index is 851. The topological polar surface area (TPSA) is 134 Å². The summed E-state index contributed by atoms with van der Waals surface area (Å²) in [6, 6.07) is 12.1. The summed E-state index contributed by atoms with van der Waals surface area (Å²) in [5.74, 6) is 0.784. The summed E-state index contributed by atoms with van der Waals surface area (Å²) >= 11 is 0. The van der Waals surface area contributed by atoms with E-state index in [-0.39, 0.29) is 18.7 Å². The van der Waals surface area contributed by atoms with Crippen LogP contribution in [0.25, 0.3) is 0 Å². The highest BCUT2D eigenvalue weighted by atomic mass is 16.6. The van der Waals surface area contributed by atoms with Gasteiger partial charge in [-0.25, -0.2) is 9.59 Å². The standard InChI is InChI=1S/C19H21N3O7/c1-21(2)19(24)28-16-7-3-13(4-8-16)17(29-18(20)23)11-12-27-15-9-5-14(6-10-15)22(25)26/h3-10,17H,11-12H2,1-2H3,(H2,20,23)/t17-/m1/s1. The quantitative estimate of drug-likeness (QED) is 0.528. The SMILES string of the molecule is CN(C)C(=O)Oc1ccc([C@@H](CCOc2ccc([N+](=O)[O-])cc2)OC(N)=O)cc1. The fourth-order valence-electron chi connectivity index (χ4n) is 2.32. The minimum Gasteiger partial charge on any atom is -0.493 e. The summed E-state index contributed by atoms with van der Waals surface area (Å²) in [6.07, 6.45) is -1.84. The van der Waals surface area contributed by atoms with E-state index >= 15 is 0 Å². The van der Waals surface area contributed by atoms with E-state index in [0.717, 1.165) is 0 Å². The van der Waals surface area contributed by atoms with Crippen molar-refractivity contribution < 1.29 is 28.7 Å². The number of carbonyl (C=O) groups excluding carboxylic acids is 2. The van der Waals surface area contributed by atoms with Gasteiger partial charge in [0.1, 0.15) is 17.6 Å². The number of rotatable bonds is 8. The first-order valence-electron chi connectivity index (χ1n) is 8.58. The molecule has 1 atom stereocenters. The number of carbonyl (C=O) groups is 2. The van der Waals surface area contributed by atoms with Gasteiger partial charge in [0.2, 0.25) is 0 Å². The molecule has 2 rings (SSSR count). The maximum atomic E-state index is 11.6. The summed E-state index contributed by atoms with van der Waals surface area (Å²) in [6.45, 7) is 0.174. The lowest BCUT2D eigenvalue weighted by Crippen LogP contribution is -2.25. The average Bonchev–Trinajstić information content (AvgIpc) is 2.68. The van der Waals surface area contributed by atoms with Crippen LogP contribution in [-0.2, 0) is 4.74 Å². The zero-order valence-corrected chi connectivity index (χ0v) is 15.9. The minimum atomic E-state index is -0.937. The first-order valence-corrected chi connectivity index (χ1v) is 8.58. The maximum Gasteiger partial charge on any atom is 0.414 e. The summed E-state index contributed by atoms with van der Waals surface area (Å²) in [7, 11) is 3.14. The molecular weight excluding hydrogens is 382 g/mol. The third-order valence-corrected chi connectivity index (χ3v) is 3.78. The summed E-state index contributed by atoms with van der Waals surface area (Å²) in [4.78, 5) is 34.3. The summed E-state index contributed by atoms with van der Waals surface area (Å²) < 4.78 is 15.8. The first-order chi connectivity index (χ1) is 13.8. The highest BCUT2D eigenvalue weighted by molar-refractivity contribution is 5.70. The lowest BCUT2D eigenvalue weighted by Gasteiger charge is -2.18. The van der Waals surface area contributed by atoms with Crippen LogP contribution in [0.15, 0.2) is 48.5 Å². The highest BCUT2D eigenvalue weighted by Crippen LogP contribution is 2.25. The monoisotopic (exact) mass is 403 g/mol.